The number of unbranched alkanes of at least 4 members (excludes halogenated alkanes) is 1. The van der Waals surface area contributed by atoms with Crippen LogP contribution in [0.15, 0.2) is 77.9 Å². The monoisotopic (exact) mass is 432 g/mol. The van der Waals surface area contributed by atoms with Crippen LogP contribution in [0.3, 0.4) is 0 Å². The van der Waals surface area contributed by atoms with E-state index < -0.39 is 0 Å². The molecule has 5 rings (SSSR count). The number of rotatable bonds is 6. The molecule has 5 heteroatoms. The summed E-state index contributed by atoms with van der Waals surface area (Å²) in [6.45, 7) is 2.90. The molecule has 3 aromatic rings. The minimum atomic E-state index is -0.283. The number of hydrogen-bond acceptors (Lipinski definition) is 4. The smallest absolute Gasteiger partial charge is 0.213 e. The van der Waals surface area contributed by atoms with E-state index in [0.717, 1.165) is 59.2 Å². The molecule has 0 unspecified atom stereocenters. The van der Waals surface area contributed by atoms with Crippen molar-refractivity contribution in [3.05, 3.63) is 94.5 Å². The summed E-state index contributed by atoms with van der Waals surface area (Å²) < 4.78 is 12.3. The Hall–Kier alpha value is -2.98. The quantitative estimate of drug-likeness (QED) is 0.403. The third-order valence-corrected chi connectivity index (χ3v) is 6.06. The van der Waals surface area contributed by atoms with Crippen molar-refractivity contribution in [2.45, 2.75) is 38.5 Å². The van der Waals surface area contributed by atoms with Gasteiger partial charge in [0.15, 0.2) is 0 Å². The number of benzene rings is 3. The zero-order valence-corrected chi connectivity index (χ0v) is 18.3. The molecule has 0 N–H and O–H groups in total. The van der Waals surface area contributed by atoms with E-state index in [1.165, 1.54) is 5.56 Å². The third-order valence-electron chi connectivity index (χ3n) is 5.81. The van der Waals surface area contributed by atoms with E-state index in [1.807, 2.05) is 48.5 Å². The van der Waals surface area contributed by atoms with Crippen molar-refractivity contribution in [3.63, 3.8) is 0 Å². The molecule has 0 spiro atoms. The standard InChI is InChI=1S/C26H25ClN2O2/c1-2-3-16-30-21-14-10-19(11-15-21)26-29-24(22-6-4-5-7-25(22)31-26)17-23(28-29)18-8-12-20(27)13-9-18/h4-15,24,26H,2-3,16-17H2,1H3/t24-,26-/m0/s1. The van der Waals surface area contributed by atoms with E-state index in [-0.39, 0.29) is 12.3 Å². The van der Waals surface area contributed by atoms with Gasteiger partial charge >= 0.3 is 0 Å². The predicted molar refractivity (Wildman–Crippen MR) is 124 cm³/mol. The highest BCUT2D eigenvalue weighted by atomic mass is 35.5. The largest absolute Gasteiger partial charge is 0.494 e. The average molecular weight is 433 g/mol. The summed E-state index contributed by atoms with van der Waals surface area (Å²) in [6.07, 6.45) is 2.73. The van der Waals surface area contributed by atoms with E-state index in [2.05, 4.69) is 36.2 Å². The number of hydrazone groups is 1. The average Bonchev–Trinajstić information content (AvgIpc) is 3.25. The molecule has 3 aromatic carbocycles. The first-order valence-electron chi connectivity index (χ1n) is 10.8. The summed E-state index contributed by atoms with van der Waals surface area (Å²) >= 11 is 6.08. The van der Waals surface area contributed by atoms with Crippen molar-refractivity contribution in [2.75, 3.05) is 6.61 Å². The molecule has 31 heavy (non-hydrogen) atoms. The van der Waals surface area contributed by atoms with Gasteiger partial charge in [-0.1, -0.05) is 55.3 Å². The van der Waals surface area contributed by atoms with Gasteiger partial charge in [0.2, 0.25) is 6.23 Å². The highest BCUT2D eigenvalue weighted by Crippen LogP contribution is 2.47. The van der Waals surface area contributed by atoms with E-state index in [0.29, 0.717) is 0 Å². The van der Waals surface area contributed by atoms with Crippen molar-refractivity contribution in [1.29, 1.82) is 0 Å². The Bertz CT molecular complexity index is 1080. The van der Waals surface area contributed by atoms with Crippen LogP contribution in [0.25, 0.3) is 0 Å². The normalized spacial score (nSPS) is 19.3. The van der Waals surface area contributed by atoms with Crippen molar-refractivity contribution in [3.8, 4) is 11.5 Å². The zero-order chi connectivity index (χ0) is 21.2. The Labute approximate surface area is 188 Å². The van der Waals surface area contributed by atoms with Crippen LogP contribution in [-0.4, -0.2) is 17.3 Å². The van der Waals surface area contributed by atoms with Crippen molar-refractivity contribution in [1.82, 2.24) is 5.01 Å². The first-order chi connectivity index (χ1) is 15.2. The molecule has 0 fully saturated rings. The lowest BCUT2D eigenvalue weighted by atomic mass is 9.96. The van der Waals surface area contributed by atoms with Crippen LogP contribution in [0.2, 0.25) is 5.02 Å². The number of para-hydroxylation sites is 1. The summed E-state index contributed by atoms with van der Waals surface area (Å²) in [4.78, 5) is 0. The second kappa shape index (κ2) is 8.64. The van der Waals surface area contributed by atoms with E-state index >= 15 is 0 Å². The molecule has 0 amide bonds. The molecule has 0 saturated carbocycles. The van der Waals surface area contributed by atoms with Crippen LogP contribution in [0.5, 0.6) is 11.5 Å². The van der Waals surface area contributed by atoms with Crippen LogP contribution in [-0.2, 0) is 0 Å². The molecule has 2 aliphatic rings. The Morgan fingerprint density at radius 3 is 2.58 bits per heavy atom. The summed E-state index contributed by atoms with van der Waals surface area (Å²) in [5, 5.41) is 7.83. The molecule has 2 aliphatic heterocycles. The van der Waals surface area contributed by atoms with Gasteiger partial charge in [-0.05, 0) is 54.4 Å². The third kappa shape index (κ3) is 4.00. The van der Waals surface area contributed by atoms with Crippen molar-refractivity contribution < 1.29 is 9.47 Å². The van der Waals surface area contributed by atoms with Crippen molar-refractivity contribution in [2.24, 2.45) is 5.10 Å². The Balaban J connectivity index is 1.46. The molecule has 0 radical (unpaired) electrons. The minimum Gasteiger partial charge on any atom is -0.494 e. The fourth-order valence-corrected chi connectivity index (χ4v) is 4.26. The van der Waals surface area contributed by atoms with Gasteiger partial charge in [0.1, 0.15) is 11.5 Å². The second-order valence-corrected chi connectivity index (χ2v) is 8.37. The Morgan fingerprint density at radius 1 is 1.03 bits per heavy atom. The molecule has 0 aliphatic carbocycles. The predicted octanol–water partition coefficient (Wildman–Crippen LogP) is 6.76. The summed E-state index contributed by atoms with van der Waals surface area (Å²) in [5.41, 5.74) is 4.37. The Kier molecular flexibility index (Phi) is 5.56. The number of ether oxygens (including phenoxy) is 2. The molecule has 2 heterocycles. The maximum absolute atomic E-state index is 6.43. The van der Waals surface area contributed by atoms with Gasteiger partial charge in [0, 0.05) is 22.6 Å². The van der Waals surface area contributed by atoms with Gasteiger partial charge in [-0.15, -0.1) is 0 Å². The van der Waals surface area contributed by atoms with Gasteiger partial charge in [-0.2, -0.15) is 5.10 Å². The van der Waals surface area contributed by atoms with Crippen LogP contribution < -0.4 is 9.47 Å². The Morgan fingerprint density at radius 2 is 1.81 bits per heavy atom. The second-order valence-electron chi connectivity index (χ2n) is 7.93. The van der Waals surface area contributed by atoms with Gasteiger partial charge in [0.05, 0.1) is 18.4 Å². The maximum Gasteiger partial charge on any atom is 0.213 e. The van der Waals surface area contributed by atoms with Crippen LogP contribution in [0.4, 0.5) is 0 Å². The first kappa shape index (κ1) is 20.0. The van der Waals surface area contributed by atoms with Crippen LogP contribution >= 0.6 is 11.6 Å². The lowest BCUT2D eigenvalue weighted by Crippen LogP contribution is -2.33. The minimum absolute atomic E-state index is 0.140. The van der Waals surface area contributed by atoms with E-state index in [4.69, 9.17) is 26.2 Å². The molecule has 158 valence electrons. The van der Waals surface area contributed by atoms with Crippen molar-refractivity contribution >= 4 is 17.3 Å². The zero-order valence-electron chi connectivity index (χ0n) is 17.5. The van der Waals surface area contributed by atoms with Gasteiger partial charge in [0.25, 0.3) is 0 Å². The lowest BCUT2D eigenvalue weighted by Gasteiger charge is -2.38. The molecule has 2 atom stereocenters. The van der Waals surface area contributed by atoms with Gasteiger partial charge in [-0.25, -0.2) is 5.01 Å². The van der Waals surface area contributed by atoms with E-state index in [9.17, 15) is 0 Å². The highest BCUT2D eigenvalue weighted by molar-refractivity contribution is 6.30. The molecule has 4 nitrogen and oxygen atoms in total. The topological polar surface area (TPSA) is 34.1 Å². The molecule has 0 bridgehead atoms. The first-order valence-corrected chi connectivity index (χ1v) is 11.2. The summed E-state index contributed by atoms with van der Waals surface area (Å²) in [6, 6.07) is 24.5. The number of nitrogens with zero attached hydrogens (tertiary/aromatic N) is 2. The number of hydrogen-bond donors (Lipinski definition) is 0. The number of fused-ring (bicyclic) bond motifs is 3. The molecule has 0 aromatic heterocycles. The molecular weight excluding hydrogens is 408 g/mol. The maximum atomic E-state index is 6.43. The number of halogens is 1. The lowest BCUT2D eigenvalue weighted by molar-refractivity contribution is -0.0190. The fraction of sp³-hybridized carbons (Fsp3) is 0.269. The van der Waals surface area contributed by atoms with Gasteiger partial charge in [-0.3, -0.25) is 0 Å². The summed E-state index contributed by atoms with van der Waals surface area (Å²) in [5.74, 6) is 1.81. The van der Waals surface area contributed by atoms with E-state index in [1.54, 1.807) is 0 Å². The van der Waals surface area contributed by atoms with Crippen LogP contribution in [0.1, 0.15) is 55.1 Å². The SMILES string of the molecule is CCCCOc1ccc([C@@H]2Oc3ccccc3[C@@H]3CC(c4ccc(Cl)cc4)=NN32)cc1. The fourth-order valence-electron chi connectivity index (χ4n) is 4.13. The summed E-state index contributed by atoms with van der Waals surface area (Å²) in [7, 11) is 0. The van der Waals surface area contributed by atoms with Gasteiger partial charge < -0.3 is 9.47 Å². The molecule has 0 saturated heterocycles. The highest BCUT2D eigenvalue weighted by Gasteiger charge is 2.40. The molecular formula is C26H25ClN2O2. The van der Waals surface area contributed by atoms with Crippen LogP contribution in [0, 0.1) is 0 Å².